The summed E-state index contributed by atoms with van der Waals surface area (Å²) in [5.74, 6) is 0.753. The molecule has 4 aromatic rings. The van der Waals surface area contributed by atoms with E-state index in [1.165, 1.54) is 0 Å². The van der Waals surface area contributed by atoms with Gasteiger partial charge in [0.25, 0.3) is 20.2 Å². The van der Waals surface area contributed by atoms with Gasteiger partial charge in [0.05, 0.1) is 41.6 Å². The fraction of sp³-hybridized carbons (Fsp3) is 0.290. The maximum absolute atomic E-state index is 11.3. The predicted octanol–water partition coefficient (Wildman–Crippen LogP) is 7.63. The average Bonchev–Trinajstić information content (AvgIpc) is 3.47. The fourth-order valence-electron chi connectivity index (χ4n) is 4.18. The third-order valence-corrected chi connectivity index (χ3v) is 9.45. The Morgan fingerprint density at radius 3 is 2.06 bits per heavy atom. The molecule has 0 spiro atoms. The molecule has 0 bridgehead atoms. The highest BCUT2D eigenvalue weighted by atomic mass is 79.9. The molecule has 0 atom stereocenters. The van der Waals surface area contributed by atoms with Crippen molar-refractivity contribution in [1.29, 1.82) is 0 Å². The van der Waals surface area contributed by atoms with Gasteiger partial charge in [0.15, 0.2) is 0 Å². The minimum absolute atomic E-state index is 0. The second-order valence-corrected chi connectivity index (χ2v) is 16.1. The van der Waals surface area contributed by atoms with Crippen molar-refractivity contribution in [1.82, 2.24) is 4.98 Å². The Kier molecular flexibility index (Phi) is 15.3. The van der Waals surface area contributed by atoms with Gasteiger partial charge in [-0.3, -0.25) is 13.4 Å². The summed E-state index contributed by atoms with van der Waals surface area (Å²) < 4.78 is 62.6. The van der Waals surface area contributed by atoms with Crippen molar-refractivity contribution < 1.29 is 29.9 Å². The normalized spacial score (nSPS) is 11.8. The van der Waals surface area contributed by atoms with E-state index in [-0.39, 0.29) is 25.6 Å². The number of nitrogens with zero attached hydrogens (tertiary/aromatic N) is 3. The maximum Gasteiger partial charge on any atom is 0.264 e. The van der Waals surface area contributed by atoms with E-state index in [0.717, 1.165) is 60.4 Å². The molecule has 1 aromatic heterocycles. The third-order valence-electron chi connectivity index (χ3n) is 6.32. The van der Waals surface area contributed by atoms with Gasteiger partial charge in [0.2, 0.25) is 0 Å². The lowest BCUT2D eigenvalue weighted by Crippen LogP contribution is -2.27. The molecule has 0 fully saturated rings. The summed E-state index contributed by atoms with van der Waals surface area (Å²) in [6.45, 7) is 1.53. The lowest BCUT2D eigenvalue weighted by Gasteiger charge is -2.25. The van der Waals surface area contributed by atoms with Gasteiger partial charge in [-0.05, 0) is 76.8 Å². The smallest absolute Gasteiger partial charge is 0.264 e. The van der Waals surface area contributed by atoms with Crippen molar-refractivity contribution in [2.45, 2.75) is 19.4 Å². The Hall–Kier alpha value is -2.37. The van der Waals surface area contributed by atoms with E-state index < -0.39 is 20.2 Å². The first-order valence-electron chi connectivity index (χ1n) is 14.1. The minimum Gasteiger partial charge on any atom is -0.485 e. The van der Waals surface area contributed by atoms with Gasteiger partial charge in [-0.25, -0.2) is 4.98 Å². The van der Waals surface area contributed by atoms with Crippen LogP contribution in [0.1, 0.15) is 23.4 Å². The molecule has 0 aliphatic rings. The lowest BCUT2D eigenvalue weighted by atomic mass is 10.1. The number of thiazole rings is 1. The summed E-state index contributed by atoms with van der Waals surface area (Å²) in [6.07, 6.45) is 4.75. The molecule has 10 nitrogen and oxygen atoms in total. The van der Waals surface area contributed by atoms with Gasteiger partial charge in [0, 0.05) is 40.4 Å². The zero-order valence-electron chi connectivity index (χ0n) is 25.5. The largest absolute Gasteiger partial charge is 0.485 e. The molecule has 3 aromatic carbocycles. The maximum atomic E-state index is 11.3. The van der Waals surface area contributed by atoms with E-state index in [1.807, 2.05) is 77.0 Å². The molecule has 0 aliphatic heterocycles. The highest BCUT2D eigenvalue weighted by Gasteiger charge is 2.11. The van der Waals surface area contributed by atoms with Crippen molar-refractivity contribution in [2.75, 3.05) is 43.7 Å². The summed E-state index contributed by atoms with van der Waals surface area (Å²) in [7, 11) is -7.03. The van der Waals surface area contributed by atoms with Crippen LogP contribution in [-0.4, -0.2) is 66.8 Å². The second-order valence-electron chi connectivity index (χ2n) is 10.1. The zero-order valence-corrected chi connectivity index (χ0v) is 32.0. The van der Waals surface area contributed by atoms with Crippen LogP contribution in [0.25, 0.3) is 11.3 Å². The van der Waals surface area contributed by atoms with E-state index in [0.29, 0.717) is 32.5 Å². The monoisotopic (exact) mass is 849 g/mol. The molecule has 0 aliphatic carbocycles. The molecule has 0 N–H and O–H groups in total. The van der Waals surface area contributed by atoms with Crippen LogP contribution in [0.2, 0.25) is 0 Å². The van der Waals surface area contributed by atoms with Crippen LogP contribution in [0.3, 0.4) is 0 Å². The van der Waals surface area contributed by atoms with Gasteiger partial charge in [0.1, 0.15) is 17.4 Å². The summed E-state index contributed by atoms with van der Waals surface area (Å²) in [6, 6.07) is 21.4. The summed E-state index contributed by atoms with van der Waals surface area (Å²) >= 11 is 8.50. The summed E-state index contributed by atoms with van der Waals surface area (Å²) in [5.41, 5.74) is 4.46. The average molecular weight is 852 g/mol. The van der Waals surface area contributed by atoms with Crippen LogP contribution < -0.4 is 9.64 Å². The van der Waals surface area contributed by atoms with E-state index in [1.54, 1.807) is 17.6 Å². The Balaban J connectivity index is 0.00000600. The Morgan fingerprint density at radius 1 is 0.872 bits per heavy atom. The number of ether oxygens (including phenoxy) is 1. The molecule has 0 radical (unpaired) electrons. The van der Waals surface area contributed by atoms with Crippen LogP contribution in [-0.2, 0) is 35.2 Å². The molecule has 0 unspecified atom stereocenters. The number of halogens is 3. The molecular weight excluding hydrogens is 818 g/mol. The first-order chi connectivity index (χ1) is 21.8. The molecule has 1 heterocycles. The lowest BCUT2D eigenvalue weighted by molar-refractivity contribution is 0.303. The molecule has 47 heavy (non-hydrogen) atoms. The van der Waals surface area contributed by atoms with E-state index in [9.17, 15) is 16.8 Å². The van der Waals surface area contributed by atoms with E-state index >= 15 is 0 Å². The molecule has 254 valence electrons. The highest BCUT2D eigenvalue weighted by Crippen LogP contribution is 2.30. The Morgan fingerprint density at radius 2 is 1.49 bits per heavy atom. The molecular formula is C31H34Br2ClN3O7S3. The van der Waals surface area contributed by atoms with Gasteiger partial charge in [-0.15, -0.1) is 23.7 Å². The number of aromatic nitrogens is 1. The number of hydrogen-bond donors (Lipinski definition) is 0. The van der Waals surface area contributed by atoms with Crippen molar-refractivity contribution in [2.24, 2.45) is 4.99 Å². The third kappa shape index (κ3) is 13.9. The van der Waals surface area contributed by atoms with E-state index in [2.05, 4.69) is 36.9 Å². The van der Waals surface area contributed by atoms with Crippen LogP contribution in [0.4, 0.5) is 11.4 Å². The van der Waals surface area contributed by atoms with Gasteiger partial charge >= 0.3 is 0 Å². The second kappa shape index (κ2) is 18.4. The molecule has 4 rings (SSSR count). The summed E-state index contributed by atoms with van der Waals surface area (Å²) in [4.78, 5) is 11.4. The standard InChI is InChI=1S/C31H33Br2N3O7S3.ClH/c1-45(37,38)42-17-3-15-36(16-4-18-43-46(2,39)40)27-12-5-23(6-13-27)20-34-26-10-7-24(8-11-26)29-22-44-31(35-29)21-41-30-14-9-25(32)19-28(30)33;/h5-14,19-20,22H,3-4,15-18,21H2,1-2H3;1H. The van der Waals surface area contributed by atoms with Crippen molar-refractivity contribution in [3.8, 4) is 17.0 Å². The Bertz CT molecular complexity index is 1800. The van der Waals surface area contributed by atoms with Crippen LogP contribution in [0, 0.1) is 0 Å². The SMILES string of the molecule is CS(=O)(=O)OCCCN(CCCOS(C)(=O)=O)c1ccc(C=Nc2ccc(-c3csc(COc4ccc(Br)cc4Br)n3)cc2)cc1.Cl. The first-order valence-corrected chi connectivity index (χ1v) is 20.1. The van der Waals surface area contributed by atoms with Crippen molar-refractivity contribution in [3.05, 3.63) is 91.6 Å². The summed E-state index contributed by atoms with van der Waals surface area (Å²) in [5, 5.41) is 2.88. The number of rotatable bonds is 17. The molecule has 0 saturated carbocycles. The van der Waals surface area contributed by atoms with Crippen LogP contribution in [0.5, 0.6) is 5.75 Å². The Labute approximate surface area is 303 Å². The number of benzene rings is 3. The first kappa shape index (κ1) is 39.1. The highest BCUT2D eigenvalue weighted by molar-refractivity contribution is 9.11. The van der Waals surface area contributed by atoms with Crippen molar-refractivity contribution >= 4 is 93.4 Å². The topological polar surface area (TPSA) is 124 Å². The number of anilines is 1. The molecule has 16 heteroatoms. The molecule has 0 amide bonds. The van der Waals surface area contributed by atoms with Crippen LogP contribution in [0.15, 0.2) is 86.0 Å². The van der Waals surface area contributed by atoms with Crippen LogP contribution >= 0.6 is 55.6 Å². The van der Waals surface area contributed by atoms with Gasteiger partial charge in [-0.2, -0.15) is 16.8 Å². The minimum atomic E-state index is -3.52. The fourth-order valence-corrected chi connectivity index (χ4v) is 6.90. The van der Waals surface area contributed by atoms with Gasteiger partial charge < -0.3 is 9.64 Å². The van der Waals surface area contributed by atoms with Crippen molar-refractivity contribution in [3.63, 3.8) is 0 Å². The number of aliphatic imine (C=N–C) groups is 1. The molecule has 0 saturated heterocycles. The van der Waals surface area contributed by atoms with Gasteiger partial charge in [-0.1, -0.05) is 40.2 Å². The van der Waals surface area contributed by atoms with E-state index in [4.69, 9.17) is 18.1 Å². The number of hydrogen-bond acceptors (Lipinski definition) is 11. The quantitative estimate of drug-likeness (QED) is 0.0600. The predicted molar refractivity (Wildman–Crippen MR) is 198 cm³/mol. The zero-order chi connectivity index (χ0) is 33.2.